The molecular formula is C17H23ClN2O4S. The Morgan fingerprint density at radius 1 is 1.16 bits per heavy atom. The highest BCUT2D eigenvalue weighted by Gasteiger charge is 2.31. The average molecular weight is 387 g/mol. The van der Waals surface area contributed by atoms with Crippen molar-refractivity contribution in [1.29, 1.82) is 0 Å². The van der Waals surface area contributed by atoms with Crippen molar-refractivity contribution in [2.75, 3.05) is 24.6 Å². The van der Waals surface area contributed by atoms with Crippen molar-refractivity contribution in [2.45, 2.75) is 26.3 Å². The molecule has 1 fully saturated rings. The summed E-state index contributed by atoms with van der Waals surface area (Å²) < 4.78 is 23.1. The van der Waals surface area contributed by atoms with Gasteiger partial charge in [0, 0.05) is 23.7 Å². The molecule has 1 atom stereocenters. The lowest BCUT2D eigenvalue weighted by Gasteiger charge is -2.31. The molecule has 8 heteroatoms. The van der Waals surface area contributed by atoms with E-state index in [1.165, 1.54) is 4.90 Å². The summed E-state index contributed by atoms with van der Waals surface area (Å²) in [7, 11) is -3.06. The van der Waals surface area contributed by atoms with Gasteiger partial charge in [-0.2, -0.15) is 0 Å². The van der Waals surface area contributed by atoms with Crippen LogP contribution in [-0.2, 0) is 14.6 Å². The normalized spacial score (nSPS) is 18.0. The van der Waals surface area contributed by atoms with E-state index in [0.717, 1.165) is 0 Å². The van der Waals surface area contributed by atoms with Gasteiger partial charge in [0.15, 0.2) is 9.84 Å². The maximum absolute atomic E-state index is 12.8. The van der Waals surface area contributed by atoms with Crippen LogP contribution < -0.4 is 5.32 Å². The fraction of sp³-hybridized carbons (Fsp3) is 0.529. The second-order valence-electron chi connectivity index (χ2n) is 6.64. The van der Waals surface area contributed by atoms with Crippen LogP contribution in [-0.4, -0.2) is 55.8 Å². The summed E-state index contributed by atoms with van der Waals surface area (Å²) in [4.78, 5) is 26.7. The first-order valence-electron chi connectivity index (χ1n) is 8.23. The van der Waals surface area contributed by atoms with Gasteiger partial charge in [-0.1, -0.05) is 25.4 Å². The Balaban J connectivity index is 2.08. The van der Waals surface area contributed by atoms with Gasteiger partial charge in [0.05, 0.1) is 11.5 Å². The van der Waals surface area contributed by atoms with Crippen LogP contribution in [0.15, 0.2) is 24.3 Å². The molecule has 138 valence electrons. The summed E-state index contributed by atoms with van der Waals surface area (Å²) >= 11 is 5.82. The van der Waals surface area contributed by atoms with Crippen LogP contribution in [0.2, 0.25) is 5.02 Å². The predicted octanol–water partition coefficient (Wildman–Crippen LogP) is 1.74. The standard InChI is InChI=1S/C17H23ClN2O4S/c1-12(2)11-15(17(22)20-7-9-25(23,24)10-8-20)19-16(21)13-3-5-14(18)6-4-13/h3-6,12,15H,7-11H2,1-2H3,(H,19,21). The Morgan fingerprint density at radius 3 is 2.24 bits per heavy atom. The molecular weight excluding hydrogens is 364 g/mol. The van der Waals surface area contributed by atoms with Crippen LogP contribution in [0.4, 0.5) is 0 Å². The Morgan fingerprint density at radius 2 is 1.72 bits per heavy atom. The van der Waals surface area contributed by atoms with E-state index in [1.54, 1.807) is 24.3 Å². The summed E-state index contributed by atoms with van der Waals surface area (Å²) in [5.74, 6) is -0.435. The molecule has 1 aliphatic rings. The molecule has 1 heterocycles. The molecule has 0 aliphatic carbocycles. The second-order valence-corrected chi connectivity index (χ2v) is 9.38. The van der Waals surface area contributed by atoms with Crippen molar-refractivity contribution >= 4 is 33.3 Å². The van der Waals surface area contributed by atoms with Crippen LogP contribution in [0.5, 0.6) is 0 Å². The minimum Gasteiger partial charge on any atom is -0.340 e. The fourth-order valence-electron chi connectivity index (χ4n) is 2.69. The Labute approximate surface area is 153 Å². The molecule has 1 N–H and O–H groups in total. The molecule has 0 radical (unpaired) electrons. The molecule has 1 unspecified atom stereocenters. The van der Waals surface area contributed by atoms with Gasteiger partial charge in [-0.05, 0) is 36.6 Å². The number of nitrogens with zero attached hydrogens (tertiary/aromatic N) is 1. The van der Waals surface area contributed by atoms with E-state index < -0.39 is 15.9 Å². The van der Waals surface area contributed by atoms with E-state index in [-0.39, 0.29) is 42.3 Å². The van der Waals surface area contributed by atoms with E-state index in [9.17, 15) is 18.0 Å². The first-order chi connectivity index (χ1) is 11.7. The largest absolute Gasteiger partial charge is 0.340 e. The molecule has 1 saturated heterocycles. The van der Waals surface area contributed by atoms with E-state index in [1.807, 2.05) is 13.8 Å². The Hall–Kier alpha value is -1.60. The number of carbonyl (C=O) groups excluding carboxylic acids is 2. The number of amides is 2. The zero-order valence-electron chi connectivity index (χ0n) is 14.4. The molecule has 1 aromatic carbocycles. The van der Waals surface area contributed by atoms with Gasteiger partial charge < -0.3 is 10.2 Å². The van der Waals surface area contributed by atoms with Crippen molar-refractivity contribution in [1.82, 2.24) is 10.2 Å². The topological polar surface area (TPSA) is 83.6 Å². The lowest BCUT2D eigenvalue weighted by atomic mass is 10.0. The zero-order valence-corrected chi connectivity index (χ0v) is 15.9. The van der Waals surface area contributed by atoms with E-state index in [4.69, 9.17) is 11.6 Å². The van der Waals surface area contributed by atoms with Gasteiger partial charge in [-0.15, -0.1) is 0 Å². The first-order valence-corrected chi connectivity index (χ1v) is 10.4. The van der Waals surface area contributed by atoms with Gasteiger partial charge in [0.1, 0.15) is 6.04 Å². The first kappa shape index (κ1) is 19.7. The van der Waals surface area contributed by atoms with Gasteiger partial charge in [-0.3, -0.25) is 9.59 Å². The van der Waals surface area contributed by atoms with Crippen molar-refractivity contribution in [3.8, 4) is 0 Å². The lowest BCUT2D eigenvalue weighted by molar-refractivity contribution is -0.133. The molecule has 1 aliphatic heterocycles. The van der Waals surface area contributed by atoms with E-state index in [2.05, 4.69) is 5.32 Å². The Bertz CT molecular complexity index is 718. The molecule has 0 saturated carbocycles. The van der Waals surface area contributed by atoms with Gasteiger partial charge in [-0.25, -0.2) is 8.42 Å². The quantitative estimate of drug-likeness (QED) is 0.835. The molecule has 6 nitrogen and oxygen atoms in total. The highest BCUT2D eigenvalue weighted by molar-refractivity contribution is 7.91. The van der Waals surface area contributed by atoms with Crippen LogP contribution in [0, 0.1) is 5.92 Å². The maximum atomic E-state index is 12.8. The smallest absolute Gasteiger partial charge is 0.251 e. The van der Waals surface area contributed by atoms with Gasteiger partial charge in [0.25, 0.3) is 5.91 Å². The lowest BCUT2D eigenvalue weighted by Crippen LogP contribution is -2.53. The zero-order chi connectivity index (χ0) is 18.6. The highest BCUT2D eigenvalue weighted by Crippen LogP contribution is 2.14. The molecule has 2 rings (SSSR count). The number of hydrogen-bond donors (Lipinski definition) is 1. The number of halogens is 1. The van der Waals surface area contributed by atoms with Gasteiger partial charge in [0.2, 0.25) is 5.91 Å². The summed E-state index contributed by atoms with van der Waals surface area (Å²) in [6.45, 7) is 4.28. The van der Waals surface area contributed by atoms with Crippen LogP contribution in [0.1, 0.15) is 30.6 Å². The summed E-state index contributed by atoms with van der Waals surface area (Å²) in [6.07, 6.45) is 0.488. The number of sulfone groups is 1. The van der Waals surface area contributed by atoms with Crippen molar-refractivity contribution < 1.29 is 18.0 Å². The summed E-state index contributed by atoms with van der Waals surface area (Å²) in [5, 5.41) is 3.31. The molecule has 0 bridgehead atoms. The molecule has 25 heavy (non-hydrogen) atoms. The third-order valence-electron chi connectivity index (χ3n) is 4.07. The SMILES string of the molecule is CC(C)CC(NC(=O)c1ccc(Cl)cc1)C(=O)N1CCS(=O)(=O)CC1. The Kier molecular flexibility index (Phi) is 6.46. The van der Waals surface area contributed by atoms with E-state index >= 15 is 0 Å². The predicted molar refractivity (Wildman–Crippen MR) is 97.4 cm³/mol. The number of benzene rings is 1. The minimum atomic E-state index is -3.06. The molecule has 0 aromatic heterocycles. The van der Waals surface area contributed by atoms with Crippen LogP contribution >= 0.6 is 11.6 Å². The van der Waals surface area contributed by atoms with Crippen LogP contribution in [0.3, 0.4) is 0 Å². The fourth-order valence-corrected chi connectivity index (χ4v) is 4.02. The van der Waals surface area contributed by atoms with Gasteiger partial charge >= 0.3 is 0 Å². The van der Waals surface area contributed by atoms with Crippen LogP contribution in [0.25, 0.3) is 0 Å². The number of rotatable bonds is 5. The molecule has 2 amide bonds. The number of carbonyl (C=O) groups is 2. The van der Waals surface area contributed by atoms with E-state index in [0.29, 0.717) is 17.0 Å². The number of hydrogen-bond acceptors (Lipinski definition) is 4. The number of nitrogens with one attached hydrogen (secondary N) is 1. The molecule has 1 aromatic rings. The highest BCUT2D eigenvalue weighted by atomic mass is 35.5. The average Bonchev–Trinajstić information content (AvgIpc) is 2.53. The maximum Gasteiger partial charge on any atom is 0.251 e. The second kappa shape index (κ2) is 8.19. The minimum absolute atomic E-state index is 0.0295. The van der Waals surface area contributed by atoms with Crippen molar-refractivity contribution in [2.24, 2.45) is 5.92 Å². The third-order valence-corrected chi connectivity index (χ3v) is 5.93. The molecule has 0 spiro atoms. The summed E-state index contributed by atoms with van der Waals surface area (Å²) in [6, 6.07) is 5.75. The third kappa shape index (κ3) is 5.71. The monoisotopic (exact) mass is 386 g/mol. The summed E-state index contributed by atoms with van der Waals surface area (Å²) in [5.41, 5.74) is 0.423. The van der Waals surface area contributed by atoms with Crippen molar-refractivity contribution in [3.05, 3.63) is 34.9 Å². The van der Waals surface area contributed by atoms with Crippen molar-refractivity contribution in [3.63, 3.8) is 0 Å².